The highest BCUT2D eigenvalue weighted by molar-refractivity contribution is 5.96. The van der Waals surface area contributed by atoms with E-state index in [-0.39, 0.29) is 17.9 Å². The fourth-order valence-electron chi connectivity index (χ4n) is 3.85. The molecule has 8 nitrogen and oxygen atoms in total. The smallest absolute Gasteiger partial charge is 0.325 e. The van der Waals surface area contributed by atoms with Gasteiger partial charge in [-0.3, -0.25) is 14.4 Å². The Labute approximate surface area is 207 Å². The molecular formula is C27H36N4O4. The van der Waals surface area contributed by atoms with Crippen LogP contribution in [-0.4, -0.2) is 68.6 Å². The van der Waals surface area contributed by atoms with Gasteiger partial charge in [-0.1, -0.05) is 39.8 Å². The van der Waals surface area contributed by atoms with Crippen LogP contribution in [0.2, 0.25) is 0 Å². The quantitative estimate of drug-likeness (QED) is 0.565. The molecule has 1 fully saturated rings. The molecule has 0 saturated carbocycles. The minimum Gasteiger partial charge on any atom is -0.454 e. The van der Waals surface area contributed by atoms with Crippen molar-refractivity contribution in [2.75, 3.05) is 56.1 Å². The zero-order valence-electron chi connectivity index (χ0n) is 21.1. The number of esters is 1. The largest absolute Gasteiger partial charge is 0.454 e. The number of nitrogens with one attached hydrogen (secondary N) is 2. The number of rotatable bonds is 8. The first-order valence-electron chi connectivity index (χ1n) is 12.1. The highest BCUT2D eigenvalue weighted by Crippen LogP contribution is 2.22. The molecule has 0 unspecified atom stereocenters. The number of likely N-dealkylation sites (N-methyl/N-ethyl adjacent to an activating group) is 1. The maximum atomic E-state index is 12.3. The molecule has 2 aromatic rings. The van der Waals surface area contributed by atoms with E-state index in [1.807, 2.05) is 36.4 Å². The van der Waals surface area contributed by atoms with E-state index in [1.54, 1.807) is 12.1 Å². The lowest BCUT2D eigenvalue weighted by Gasteiger charge is -2.35. The summed E-state index contributed by atoms with van der Waals surface area (Å²) in [7, 11) is 0. The van der Waals surface area contributed by atoms with E-state index >= 15 is 0 Å². The fourth-order valence-corrected chi connectivity index (χ4v) is 3.85. The van der Waals surface area contributed by atoms with Crippen LogP contribution in [0.15, 0.2) is 48.5 Å². The molecule has 2 N–H and O–H groups in total. The molecule has 0 atom stereocenters. The van der Waals surface area contributed by atoms with Gasteiger partial charge in [0.25, 0.3) is 11.8 Å². The number of nitrogens with zero attached hydrogens (tertiary/aromatic N) is 2. The Morgan fingerprint density at radius 3 is 2.11 bits per heavy atom. The molecule has 2 aromatic carbocycles. The second kappa shape index (κ2) is 11.8. The highest BCUT2D eigenvalue weighted by atomic mass is 16.5. The molecule has 188 valence electrons. The Bertz CT molecular complexity index is 1000. The summed E-state index contributed by atoms with van der Waals surface area (Å²) in [5.74, 6) is -1.49. The van der Waals surface area contributed by atoms with Crippen LogP contribution in [0, 0.1) is 0 Å². The summed E-state index contributed by atoms with van der Waals surface area (Å²) in [6.07, 6.45) is 0. The van der Waals surface area contributed by atoms with E-state index in [0.29, 0.717) is 11.3 Å². The molecule has 8 heteroatoms. The summed E-state index contributed by atoms with van der Waals surface area (Å²) in [4.78, 5) is 41.1. The number of hydrogen-bond donors (Lipinski definition) is 2. The van der Waals surface area contributed by atoms with Crippen molar-refractivity contribution in [1.82, 2.24) is 10.2 Å². The second-order valence-electron chi connectivity index (χ2n) is 9.69. The van der Waals surface area contributed by atoms with Crippen molar-refractivity contribution in [2.24, 2.45) is 0 Å². The van der Waals surface area contributed by atoms with E-state index in [1.165, 1.54) is 0 Å². The van der Waals surface area contributed by atoms with Crippen LogP contribution >= 0.6 is 0 Å². The van der Waals surface area contributed by atoms with Gasteiger partial charge < -0.3 is 25.2 Å². The summed E-state index contributed by atoms with van der Waals surface area (Å²) >= 11 is 0. The van der Waals surface area contributed by atoms with Gasteiger partial charge in [0, 0.05) is 43.1 Å². The highest BCUT2D eigenvalue weighted by Gasteiger charge is 2.17. The molecule has 0 radical (unpaired) electrons. The van der Waals surface area contributed by atoms with E-state index in [2.05, 4.69) is 48.1 Å². The van der Waals surface area contributed by atoms with Crippen molar-refractivity contribution in [3.8, 4) is 0 Å². The molecule has 2 amide bonds. The number of ether oxygens (including phenoxy) is 1. The molecule has 1 aliphatic rings. The third-order valence-electron chi connectivity index (χ3n) is 6.11. The van der Waals surface area contributed by atoms with Gasteiger partial charge >= 0.3 is 5.97 Å². The number of hydrogen-bond acceptors (Lipinski definition) is 6. The molecule has 0 aromatic heterocycles. The van der Waals surface area contributed by atoms with Crippen LogP contribution in [0.5, 0.6) is 0 Å². The lowest BCUT2D eigenvalue weighted by atomic mass is 9.87. The Morgan fingerprint density at radius 1 is 0.914 bits per heavy atom. The van der Waals surface area contributed by atoms with E-state index in [4.69, 9.17) is 4.74 Å². The molecule has 35 heavy (non-hydrogen) atoms. The predicted octanol–water partition coefficient (Wildman–Crippen LogP) is 3.04. The summed E-state index contributed by atoms with van der Waals surface area (Å²) in [5.41, 5.74) is 3.32. The lowest BCUT2D eigenvalue weighted by Crippen LogP contribution is -2.46. The Balaban J connectivity index is 1.38. The van der Waals surface area contributed by atoms with Crippen LogP contribution < -0.4 is 15.5 Å². The van der Waals surface area contributed by atoms with Crippen molar-refractivity contribution >= 4 is 29.2 Å². The zero-order chi connectivity index (χ0) is 25.4. The third-order valence-corrected chi connectivity index (χ3v) is 6.11. The summed E-state index contributed by atoms with van der Waals surface area (Å²) in [5, 5.41) is 5.24. The van der Waals surface area contributed by atoms with Crippen LogP contribution in [0.1, 0.15) is 43.6 Å². The number of carbonyl (C=O) groups is 3. The van der Waals surface area contributed by atoms with Gasteiger partial charge in [-0.25, -0.2) is 0 Å². The minimum atomic E-state index is -0.679. The van der Waals surface area contributed by atoms with Gasteiger partial charge in [-0.05, 0) is 53.9 Å². The Kier molecular flexibility index (Phi) is 8.87. The first-order chi connectivity index (χ1) is 16.7. The van der Waals surface area contributed by atoms with Crippen LogP contribution in [0.4, 0.5) is 11.4 Å². The van der Waals surface area contributed by atoms with E-state index < -0.39 is 18.5 Å². The Hall–Kier alpha value is -3.39. The molecule has 3 rings (SSSR count). The maximum absolute atomic E-state index is 12.3. The molecule has 1 heterocycles. The van der Waals surface area contributed by atoms with E-state index in [0.717, 1.165) is 44.0 Å². The normalized spacial score (nSPS) is 14.3. The number of piperazine rings is 1. The topological polar surface area (TPSA) is 91.0 Å². The standard InChI is InChI=1S/C27H36N4O4/c1-5-30-14-16-31(17-15-30)23-12-10-22(11-13-23)29-24(32)19-35-25(33)18-28-26(34)20-6-8-21(9-7-20)27(2,3)4/h6-13H,5,14-19H2,1-4H3,(H,28,34)(H,29,32). The van der Waals surface area contributed by atoms with Crippen molar-refractivity contribution in [3.05, 3.63) is 59.7 Å². The first kappa shape index (κ1) is 26.2. The first-order valence-corrected chi connectivity index (χ1v) is 12.1. The SMILES string of the molecule is CCN1CCN(c2ccc(NC(=O)COC(=O)CNC(=O)c3ccc(C(C)(C)C)cc3)cc2)CC1. The number of benzene rings is 2. The summed E-state index contributed by atoms with van der Waals surface area (Å²) < 4.78 is 4.99. The van der Waals surface area contributed by atoms with Crippen molar-refractivity contribution < 1.29 is 19.1 Å². The average molecular weight is 481 g/mol. The molecule has 0 aliphatic carbocycles. The molecular weight excluding hydrogens is 444 g/mol. The second-order valence-corrected chi connectivity index (χ2v) is 9.69. The maximum Gasteiger partial charge on any atom is 0.325 e. The zero-order valence-corrected chi connectivity index (χ0v) is 21.1. The lowest BCUT2D eigenvalue weighted by molar-refractivity contribution is -0.146. The molecule has 0 bridgehead atoms. The van der Waals surface area contributed by atoms with Crippen molar-refractivity contribution in [1.29, 1.82) is 0 Å². The fraction of sp³-hybridized carbons (Fsp3) is 0.444. The van der Waals surface area contributed by atoms with Gasteiger partial charge in [-0.2, -0.15) is 0 Å². The third kappa shape index (κ3) is 7.82. The van der Waals surface area contributed by atoms with E-state index in [9.17, 15) is 14.4 Å². The van der Waals surface area contributed by atoms with Gasteiger partial charge in [-0.15, -0.1) is 0 Å². The Morgan fingerprint density at radius 2 is 1.54 bits per heavy atom. The molecule has 0 spiro atoms. The summed E-state index contributed by atoms with van der Waals surface area (Å²) in [6, 6.07) is 14.9. The molecule has 1 aliphatic heterocycles. The van der Waals surface area contributed by atoms with Crippen LogP contribution in [0.3, 0.4) is 0 Å². The summed E-state index contributed by atoms with van der Waals surface area (Å²) in [6.45, 7) is 12.9. The van der Waals surface area contributed by atoms with Crippen molar-refractivity contribution in [3.63, 3.8) is 0 Å². The predicted molar refractivity (Wildman–Crippen MR) is 138 cm³/mol. The average Bonchev–Trinajstić information content (AvgIpc) is 2.86. The number of amides is 2. The van der Waals surface area contributed by atoms with Gasteiger partial charge in [0.1, 0.15) is 6.54 Å². The number of carbonyl (C=O) groups excluding carboxylic acids is 3. The van der Waals surface area contributed by atoms with Gasteiger partial charge in [0.2, 0.25) is 0 Å². The van der Waals surface area contributed by atoms with Gasteiger partial charge in [0.15, 0.2) is 6.61 Å². The minimum absolute atomic E-state index is 0.00829. The number of anilines is 2. The van der Waals surface area contributed by atoms with Crippen molar-refractivity contribution in [2.45, 2.75) is 33.1 Å². The van der Waals surface area contributed by atoms with Crippen LogP contribution in [-0.2, 0) is 19.7 Å². The molecule has 1 saturated heterocycles. The van der Waals surface area contributed by atoms with Crippen LogP contribution in [0.25, 0.3) is 0 Å². The monoisotopic (exact) mass is 480 g/mol. The van der Waals surface area contributed by atoms with Gasteiger partial charge in [0.05, 0.1) is 0 Å².